The molecule has 2 aromatic carbocycles. The second-order valence-electron chi connectivity index (χ2n) is 9.61. The smallest absolute Gasteiger partial charge is 0.323 e. The Labute approximate surface area is 201 Å². The maximum atomic E-state index is 12.9. The van der Waals surface area contributed by atoms with Gasteiger partial charge in [0.2, 0.25) is 0 Å². The first kappa shape index (κ1) is 24.1. The monoisotopic (exact) mass is 465 g/mol. The van der Waals surface area contributed by atoms with Crippen LogP contribution >= 0.6 is 0 Å². The largest absolute Gasteiger partial charge is 0.469 e. The standard InChI is InChI=1S/C27H35N3O4/c1-17-5-10-22(11-6-17)28-27(32)29-24-13-21(23(20-7-8-20)14-26(31)33-4)9-12-25(24)30-15-18(2)34-19(3)16-30/h5-6,9-13,18-20,23H,7-8,14-16H2,1-4H3,(H2,28,29,32)/t18-,19+,23?. The molecule has 0 spiro atoms. The average molecular weight is 466 g/mol. The molecule has 2 fully saturated rings. The molecule has 1 saturated heterocycles. The number of amides is 2. The number of anilines is 3. The molecule has 34 heavy (non-hydrogen) atoms. The first-order valence-electron chi connectivity index (χ1n) is 12.1. The summed E-state index contributed by atoms with van der Waals surface area (Å²) in [4.78, 5) is 27.3. The number of hydrogen-bond donors (Lipinski definition) is 2. The summed E-state index contributed by atoms with van der Waals surface area (Å²) in [7, 11) is 1.43. The zero-order chi connectivity index (χ0) is 24.2. The minimum Gasteiger partial charge on any atom is -0.469 e. The lowest BCUT2D eigenvalue weighted by Gasteiger charge is -2.38. The van der Waals surface area contributed by atoms with Gasteiger partial charge in [0.15, 0.2) is 0 Å². The molecule has 2 amide bonds. The predicted octanol–water partition coefficient (Wildman–Crippen LogP) is 5.31. The van der Waals surface area contributed by atoms with E-state index in [0.29, 0.717) is 12.3 Å². The van der Waals surface area contributed by atoms with Gasteiger partial charge in [0.25, 0.3) is 0 Å². The number of carbonyl (C=O) groups excluding carboxylic acids is 2. The Balaban J connectivity index is 1.62. The number of morpholine rings is 1. The fraction of sp³-hybridized carbons (Fsp3) is 0.481. The van der Waals surface area contributed by atoms with Crippen LogP contribution in [-0.4, -0.2) is 44.4 Å². The summed E-state index contributed by atoms with van der Waals surface area (Å²) >= 11 is 0. The van der Waals surface area contributed by atoms with Crippen LogP contribution < -0.4 is 15.5 Å². The Hall–Kier alpha value is -3.06. The zero-order valence-corrected chi connectivity index (χ0v) is 20.5. The van der Waals surface area contributed by atoms with Gasteiger partial charge in [0.05, 0.1) is 37.1 Å². The van der Waals surface area contributed by atoms with Crippen LogP contribution in [0, 0.1) is 12.8 Å². The molecule has 0 aromatic heterocycles. The van der Waals surface area contributed by atoms with Crippen LogP contribution in [0.5, 0.6) is 0 Å². The van der Waals surface area contributed by atoms with E-state index in [2.05, 4.69) is 41.5 Å². The highest BCUT2D eigenvalue weighted by molar-refractivity contribution is 6.02. The molecule has 1 aliphatic carbocycles. The molecule has 1 unspecified atom stereocenters. The average Bonchev–Trinajstić information content (AvgIpc) is 3.63. The lowest BCUT2D eigenvalue weighted by molar-refractivity contribution is -0.141. The summed E-state index contributed by atoms with van der Waals surface area (Å²) < 4.78 is 10.9. The third kappa shape index (κ3) is 6.08. The van der Waals surface area contributed by atoms with Crippen LogP contribution in [0.3, 0.4) is 0 Å². The second-order valence-corrected chi connectivity index (χ2v) is 9.61. The summed E-state index contributed by atoms with van der Waals surface area (Å²) in [6.07, 6.45) is 2.76. The Kier molecular flexibility index (Phi) is 7.41. The number of aryl methyl sites for hydroxylation is 1. The number of hydrogen-bond acceptors (Lipinski definition) is 5. The van der Waals surface area contributed by atoms with Crippen LogP contribution in [0.25, 0.3) is 0 Å². The minimum atomic E-state index is -0.299. The summed E-state index contributed by atoms with van der Waals surface area (Å²) in [5.41, 5.74) is 4.61. The molecule has 3 atom stereocenters. The molecule has 182 valence electrons. The summed E-state index contributed by atoms with van der Waals surface area (Å²) in [6, 6.07) is 13.6. The van der Waals surface area contributed by atoms with E-state index >= 15 is 0 Å². The minimum absolute atomic E-state index is 0.0877. The van der Waals surface area contributed by atoms with Crippen molar-refractivity contribution in [1.29, 1.82) is 0 Å². The molecule has 7 heteroatoms. The maximum Gasteiger partial charge on any atom is 0.323 e. The van der Waals surface area contributed by atoms with Crippen molar-refractivity contribution in [1.82, 2.24) is 0 Å². The van der Waals surface area contributed by atoms with E-state index < -0.39 is 0 Å². The SMILES string of the molecule is COC(=O)CC(c1ccc(N2C[C@@H](C)O[C@@H](C)C2)c(NC(=O)Nc2ccc(C)cc2)c1)C1CC1. The van der Waals surface area contributed by atoms with Crippen molar-refractivity contribution < 1.29 is 19.1 Å². The first-order valence-corrected chi connectivity index (χ1v) is 12.1. The van der Waals surface area contributed by atoms with Gasteiger partial charge in [0, 0.05) is 18.8 Å². The van der Waals surface area contributed by atoms with Gasteiger partial charge in [-0.3, -0.25) is 4.79 Å². The van der Waals surface area contributed by atoms with Crippen molar-refractivity contribution >= 4 is 29.1 Å². The highest BCUT2D eigenvalue weighted by Crippen LogP contribution is 2.46. The van der Waals surface area contributed by atoms with Gasteiger partial charge in [-0.1, -0.05) is 23.8 Å². The normalized spacial score (nSPS) is 21.0. The van der Waals surface area contributed by atoms with Gasteiger partial charge < -0.3 is 25.0 Å². The fourth-order valence-corrected chi connectivity index (χ4v) is 4.77. The van der Waals surface area contributed by atoms with E-state index in [1.165, 1.54) is 7.11 Å². The molecule has 7 nitrogen and oxygen atoms in total. The Morgan fingerprint density at radius 1 is 1.06 bits per heavy atom. The van der Waals surface area contributed by atoms with E-state index in [-0.39, 0.29) is 30.1 Å². The van der Waals surface area contributed by atoms with Crippen LogP contribution in [0.15, 0.2) is 42.5 Å². The summed E-state index contributed by atoms with van der Waals surface area (Å²) in [5.74, 6) is 0.357. The van der Waals surface area contributed by atoms with Crippen LogP contribution in [-0.2, 0) is 14.3 Å². The predicted molar refractivity (Wildman–Crippen MR) is 135 cm³/mol. The van der Waals surface area contributed by atoms with Gasteiger partial charge >= 0.3 is 12.0 Å². The van der Waals surface area contributed by atoms with Crippen molar-refractivity contribution in [3.8, 4) is 0 Å². The number of methoxy groups -OCH3 is 1. The van der Waals surface area contributed by atoms with E-state index in [1.807, 2.05) is 37.3 Å². The molecule has 4 rings (SSSR count). The lowest BCUT2D eigenvalue weighted by Crippen LogP contribution is -2.45. The van der Waals surface area contributed by atoms with E-state index in [0.717, 1.165) is 54.1 Å². The number of benzene rings is 2. The molecule has 2 aromatic rings. The van der Waals surface area contributed by atoms with E-state index in [9.17, 15) is 9.59 Å². The number of rotatable bonds is 7. The van der Waals surface area contributed by atoms with Crippen molar-refractivity contribution in [2.24, 2.45) is 5.92 Å². The highest BCUT2D eigenvalue weighted by Gasteiger charge is 2.35. The number of carbonyl (C=O) groups is 2. The van der Waals surface area contributed by atoms with Crippen LogP contribution in [0.4, 0.5) is 21.9 Å². The molecular formula is C27H35N3O4. The Bertz CT molecular complexity index is 1010. The lowest BCUT2D eigenvalue weighted by atomic mass is 9.90. The maximum absolute atomic E-state index is 12.9. The molecule has 1 saturated carbocycles. The van der Waals surface area contributed by atoms with Gasteiger partial charge in [-0.25, -0.2) is 4.79 Å². The summed E-state index contributed by atoms with van der Waals surface area (Å²) in [6.45, 7) is 7.62. The van der Waals surface area contributed by atoms with Crippen LogP contribution in [0.2, 0.25) is 0 Å². The molecule has 1 heterocycles. The van der Waals surface area contributed by atoms with Gasteiger partial charge in [-0.15, -0.1) is 0 Å². The molecular weight excluding hydrogens is 430 g/mol. The van der Waals surface area contributed by atoms with Crippen molar-refractivity contribution in [3.05, 3.63) is 53.6 Å². The van der Waals surface area contributed by atoms with Gasteiger partial charge in [-0.05, 0) is 75.3 Å². The third-order valence-electron chi connectivity index (χ3n) is 6.57. The van der Waals surface area contributed by atoms with Crippen molar-refractivity contribution in [2.45, 2.75) is 58.2 Å². The number of urea groups is 1. The third-order valence-corrected chi connectivity index (χ3v) is 6.57. The number of ether oxygens (including phenoxy) is 2. The van der Waals surface area contributed by atoms with Crippen LogP contribution in [0.1, 0.15) is 50.2 Å². The highest BCUT2D eigenvalue weighted by atomic mass is 16.5. The number of nitrogens with zero attached hydrogens (tertiary/aromatic N) is 1. The second kappa shape index (κ2) is 10.5. The fourth-order valence-electron chi connectivity index (χ4n) is 4.77. The number of esters is 1. The first-order chi connectivity index (χ1) is 16.3. The summed E-state index contributed by atoms with van der Waals surface area (Å²) in [5, 5.41) is 6.00. The molecule has 2 N–H and O–H groups in total. The Morgan fingerprint density at radius 2 is 1.74 bits per heavy atom. The van der Waals surface area contributed by atoms with E-state index in [1.54, 1.807) is 0 Å². The molecule has 1 aliphatic heterocycles. The topological polar surface area (TPSA) is 79.9 Å². The van der Waals surface area contributed by atoms with Crippen molar-refractivity contribution in [2.75, 3.05) is 35.7 Å². The van der Waals surface area contributed by atoms with Crippen molar-refractivity contribution in [3.63, 3.8) is 0 Å². The Morgan fingerprint density at radius 3 is 2.35 bits per heavy atom. The van der Waals surface area contributed by atoms with Gasteiger partial charge in [0.1, 0.15) is 0 Å². The quantitative estimate of drug-likeness (QED) is 0.542. The van der Waals surface area contributed by atoms with Gasteiger partial charge in [-0.2, -0.15) is 0 Å². The molecule has 0 radical (unpaired) electrons. The molecule has 2 aliphatic rings. The molecule has 0 bridgehead atoms. The number of nitrogens with one attached hydrogen (secondary N) is 2. The van der Waals surface area contributed by atoms with E-state index in [4.69, 9.17) is 9.47 Å². The zero-order valence-electron chi connectivity index (χ0n) is 20.5.